The summed E-state index contributed by atoms with van der Waals surface area (Å²) >= 11 is 0. The molecule has 1 saturated heterocycles. The first-order valence-corrected chi connectivity index (χ1v) is 10.7. The Morgan fingerprint density at radius 2 is 1.63 bits per heavy atom. The van der Waals surface area contributed by atoms with E-state index < -0.39 is 0 Å². The third kappa shape index (κ3) is 3.26. The molecule has 1 aliphatic heterocycles. The molecule has 0 aromatic heterocycles. The summed E-state index contributed by atoms with van der Waals surface area (Å²) in [4.78, 5) is 25.0. The number of anilines is 1. The highest BCUT2D eigenvalue weighted by atomic mass is 16.6. The molecule has 2 saturated carbocycles. The third-order valence-electron chi connectivity index (χ3n) is 6.86. The Balaban J connectivity index is 1.22. The van der Waals surface area contributed by atoms with E-state index in [1.54, 1.807) is 0 Å². The van der Waals surface area contributed by atoms with Gasteiger partial charge in [0, 0.05) is 11.6 Å². The average Bonchev–Trinajstić information content (AvgIpc) is 3.32. The summed E-state index contributed by atoms with van der Waals surface area (Å²) < 4.78 is 11.4. The van der Waals surface area contributed by atoms with Crippen LogP contribution in [0.2, 0.25) is 0 Å². The van der Waals surface area contributed by atoms with Gasteiger partial charge in [-0.3, -0.25) is 9.59 Å². The van der Waals surface area contributed by atoms with Crippen LogP contribution in [-0.4, -0.2) is 18.0 Å². The molecule has 5 atom stereocenters. The molecule has 2 aromatic rings. The van der Waals surface area contributed by atoms with Gasteiger partial charge in [0.05, 0.1) is 11.8 Å². The summed E-state index contributed by atoms with van der Waals surface area (Å²) in [5.74, 6) is 1.19. The van der Waals surface area contributed by atoms with Gasteiger partial charge in [-0.15, -0.1) is 0 Å². The molecule has 3 aliphatic rings. The minimum absolute atomic E-state index is 0.0467. The number of rotatable bonds is 4. The van der Waals surface area contributed by atoms with Gasteiger partial charge in [-0.05, 0) is 66.1 Å². The third-order valence-corrected chi connectivity index (χ3v) is 6.86. The number of amides is 1. The van der Waals surface area contributed by atoms with E-state index in [-0.39, 0.29) is 47.1 Å². The Morgan fingerprint density at radius 3 is 2.27 bits per heavy atom. The SMILES string of the molecule is CC(C)(C)c1ccc(Oc2ccc(NC(=O)[C@@H]3[C@@H]4C[C@H]5[C@@H]3C(=O)O[C@@H]5C4)cc2)cc1. The monoisotopic (exact) mass is 405 g/mol. The molecule has 0 radical (unpaired) electrons. The van der Waals surface area contributed by atoms with Crippen molar-refractivity contribution in [2.75, 3.05) is 5.32 Å². The molecule has 2 aromatic carbocycles. The zero-order valence-corrected chi connectivity index (χ0v) is 17.6. The molecular formula is C25H27NO4. The number of carbonyl (C=O) groups excluding carboxylic acids is 2. The van der Waals surface area contributed by atoms with E-state index in [0.29, 0.717) is 11.4 Å². The van der Waals surface area contributed by atoms with E-state index in [1.165, 1.54) is 5.56 Å². The second kappa shape index (κ2) is 6.86. The lowest BCUT2D eigenvalue weighted by molar-refractivity contribution is -0.145. The van der Waals surface area contributed by atoms with Gasteiger partial charge < -0.3 is 14.8 Å². The number of ether oxygens (including phenoxy) is 2. The fraction of sp³-hybridized carbons (Fsp3) is 0.440. The Labute approximate surface area is 176 Å². The van der Waals surface area contributed by atoms with Crippen LogP contribution in [0.25, 0.3) is 0 Å². The molecule has 0 unspecified atom stereocenters. The van der Waals surface area contributed by atoms with Crippen LogP contribution in [0.1, 0.15) is 39.2 Å². The summed E-state index contributed by atoms with van der Waals surface area (Å²) in [5, 5.41) is 2.98. The number of esters is 1. The van der Waals surface area contributed by atoms with Crippen LogP contribution in [0, 0.1) is 23.7 Å². The van der Waals surface area contributed by atoms with Crippen molar-refractivity contribution in [2.24, 2.45) is 23.7 Å². The zero-order chi connectivity index (χ0) is 21.0. The van der Waals surface area contributed by atoms with Crippen molar-refractivity contribution < 1.29 is 19.1 Å². The lowest BCUT2D eigenvalue weighted by atomic mass is 9.79. The second-order valence-electron chi connectivity index (χ2n) is 9.81. The van der Waals surface area contributed by atoms with Crippen molar-refractivity contribution in [1.29, 1.82) is 0 Å². The lowest BCUT2D eigenvalue weighted by Crippen LogP contribution is -2.35. The number of carbonyl (C=O) groups is 2. The number of hydrogen-bond acceptors (Lipinski definition) is 4. The topological polar surface area (TPSA) is 64.6 Å². The highest BCUT2D eigenvalue weighted by Crippen LogP contribution is 2.57. The van der Waals surface area contributed by atoms with E-state index in [0.717, 1.165) is 18.6 Å². The van der Waals surface area contributed by atoms with Crippen molar-refractivity contribution in [2.45, 2.75) is 45.1 Å². The normalized spacial score (nSPS) is 29.0. The van der Waals surface area contributed by atoms with Crippen molar-refractivity contribution in [3.8, 4) is 11.5 Å². The van der Waals surface area contributed by atoms with Crippen molar-refractivity contribution in [3.05, 3.63) is 54.1 Å². The molecule has 156 valence electrons. The van der Waals surface area contributed by atoms with Gasteiger partial charge >= 0.3 is 5.97 Å². The largest absolute Gasteiger partial charge is 0.462 e. The molecule has 2 aliphatic carbocycles. The first-order chi connectivity index (χ1) is 14.3. The molecule has 1 amide bonds. The van der Waals surface area contributed by atoms with Crippen molar-refractivity contribution in [3.63, 3.8) is 0 Å². The molecule has 1 heterocycles. The number of fused-ring (bicyclic) bond motifs is 1. The molecule has 5 nitrogen and oxygen atoms in total. The minimum atomic E-state index is -0.265. The Hall–Kier alpha value is -2.82. The number of hydrogen-bond donors (Lipinski definition) is 1. The summed E-state index contributed by atoms with van der Waals surface area (Å²) in [7, 11) is 0. The Kier molecular flexibility index (Phi) is 4.38. The fourth-order valence-electron chi connectivity index (χ4n) is 5.35. The molecule has 1 N–H and O–H groups in total. The predicted molar refractivity (Wildman–Crippen MR) is 113 cm³/mol. The molecule has 0 spiro atoms. The molecule has 30 heavy (non-hydrogen) atoms. The smallest absolute Gasteiger partial charge is 0.310 e. The van der Waals surface area contributed by atoms with E-state index in [1.807, 2.05) is 36.4 Å². The van der Waals surface area contributed by atoms with Crippen molar-refractivity contribution in [1.82, 2.24) is 0 Å². The van der Waals surface area contributed by atoms with Gasteiger partial charge in [-0.2, -0.15) is 0 Å². The molecule has 5 rings (SSSR count). The summed E-state index contributed by atoms with van der Waals surface area (Å²) in [5.41, 5.74) is 2.07. The maximum absolute atomic E-state index is 12.9. The maximum Gasteiger partial charge on any atom is 0.310 e. The van der Waals surface area contributed by atoms with Gasteiger partial charge in [-0.25, -0.2) is 0 Å². The average molecular weight is 405 g/mol. The van der Waals surface area contributed by atoms with Crippen LogP contribution in [0.15, 0.2) is 48.5 Å². The van der Waals surface area contributed by atoms with E-state index in [9.17, 15) is 9.59 Å². The standard InChI is InChI=1S/C25H27NO4/c1-25(2,3)15-4-8-17(9-5-15)29-18-10-6-16(7-11-18)26-23(27)21-14-12-19-20(13-14)30-24(28)22(19)21/h4-11,14,19-22H,12-13H2,1-3H3,(H,26,27)/t14-,19-,20-,21-,22+/m1/s1. The van der Waals surface area contributed by atoms with Gasteiger partial charge in [0.2, 0.25) is 5.91 Å². The number of benzene rings is 2. The maximum atomic E-state index is 12.9. The van der Waals surface area contributed by atoms with Crippen LogP contribution in [-0.2, 0) is 19.7 Å². The van der Waals surface area contributed by atoms with Gasteiger partial charge in [0.15, 0.2) is 0 Å². The quantitative estimate of drug-likeness (QED) is 0.734. The molecular weight excluding hydrogens is 378 g/mol. The lowest BCUT2D eigenvalue weighted by Gasteiger charge is -2.23. The van der Waals surface area contributed by atoms with Crippen LogP contribution in [0.3, 0.4) is 0 Å². The first kappa shape index (κ1) is 19.2. The molecule has 3 fully saturated rings. The second-order valence-corrected chi connectivity index (χ2v) is 9.81. The Morgan fingerprint density at radius 1 is 1.00 bits per heavy atom. The predicted octanol–water partition coefficient (Wildman–Crippen LogP) is 4.91. The van der Waals surface area contributed by atoms with E-state index >= 15 is 0 Å². The van der Waals surface area contributed by atoms with Crippen LogP contribution < -0.4 is 10.1 Å². The fourth-order valence-corrected chi connectivity index (χ4v) is 5.35. The van der Waals surface area contributed by atoms with Crippen LogP contribution >= 0.6 is 0 Å². The summed E-state index contributed by atoms with van der Waals surface area (Å²) in [6.07, 6.45) is 1.80. The first-order valence-electron chi connectivity index (χ1n) is 10.7. The van der Waals surface area contributed by atoms with Gasteiger partial charge in [0.1, 0.15) is 17.6 Å². The summed E-state index contributed by atoms with van der Waals surface area (Å²) in [6.45, 7) is 6.54. The van der Waals surface area contributed by atoms with Crippen molar-refractivity contribution >= 4 is 17.6 Å². The van der Waals surface area contributed by atoms with Gasteiger partial charge in [0.25, 0.3) is 0 Å². The number of nitrogens with one attached hydrogen (secondary N) is 1. The van der Waals surface area contributed by atoms with E-state index in [2.05, 4.69) is 38.2 Å². The highest BCUT2D eigenvalue weighted by molar-refractivity contribution is 5.97. The van der Waals surface area contributed by atoms with E-state index in [4.69, 9.17) is 9.47 Å². The highest BCUT2D eigenvalue weighted by Gasteiger charge is 2.63. The minimum Gasteiger partial charge on any atom is -0.462 e. The van der Waals surface area contributed by atoms with Crippen LogP contribution in [0.4, 0.5) is 5.69 Å². The van der Waals surface area contributed by atoms with Crippen LogP contribution in [0.5, 0.6) is 11.5 Å². The molecule has 2 bridgehead atoms. The Bertz CT molecular complexity index is 972. The molecule has 5 heteroatoms. The van der Waals surface area contributed by atoms with Gasteiger partial charge in [-0.1, -0.05) is 32.9 Å². The summed E-state index contributed by atoms with van der Waals surface area (Å²) in [6, 6.07) is 15.5. The zero-order valence-electron chi connectivity index (χ0n) is 17.6.